The molecule has 0 unspecified atom stereocenters. The molecule has 0 saturated carbocycles. The van der Waals surface area contributed by atoms with E-state index >= 15 is 0 Å². The van der Waals surface area contributed by atoms with Crippen molar-refractivity contribution in [2.75, 3.05) is 0 Å². The Morgan fingerprint density at radius 2 is 1.14 bits per heavy atom. The molecule has 0 amide bonds. The van der Waals surface area contributed by atoms with Gasteiger partial charge in [0, 0.05) is 42.2 Å². The topological polar surface area (TPSA) is 52.5 Å². The van der Waals surface area contributed by atoms with Gasteiger partial charge in [-0.1, -0.05) is 48.5 Å². The van der Waals surface area contributed by atoms with E-state index in [4.69, 9.17) is 0 Å². The molecule has 3 nitrogen and oxygen atoms in total. The number of thiophene rings is 1. The summed E-state index contributed by atoms with van der Waals surface area (Å²) in [5.41, 5.74) is 6.08. The summed E-state index contributed by atoms with van der Waals surface area (Å²) >= 11 is 1.76. The smallest absolute Gasteiger partial charge is 0.0998 e. The van der Waals surface area contributed by atoms with E-state index in [0.29, 0.717) is 16.7 Å². The molecule has 5 aromatic carbocycles. The summed E-state index contributed by atoms with van der Waals surface area (Å²) in [6.07, 6.45) is 0. The summed E-state index contributed by atoms with van der Waals surface area (Å²) in [4.78, 5) is 0. The molecule has 0 aliphatic heterocycles. The van der Waals surface area contributed by atoms with Crippen LogP contribution in [0.4, 0.5) is 0 Å². The van der Waals surface area contributed by atoms with Crippen LogP contribution in [0.1, 0.15) is 11.1 Å². The van der Waals surface area contributed by atoms with Crippen LogP contribution in [-0.2, 0) is 0 Å². The number of benzene rings is 5. The molecule has 0 aliphatic carbocycles. The van der Waals surface area contributed by atoms with Gasteiger partial charge in [-0.3, -0.25) is 0 Å². The van der Waals surface area contributed by atoms with Gasteiger partial charge in [-0.15, -0.1) is 11.3 Å². The Hall–Kier alpha value is -4.90. The maximum absolute atomic E-state index is 9.70. The predicted molar refractivity (Wildman–Crippen MR) is 149 cm³/mol. The second-order valence-corrected chi connectivity index (χ2v) is 9.90. The molecule has 7 rings (SSSR count). The van der Waals surface area contributed by atoms with Crippen molar-refractivity contribution in [2.45, 2.75) is 0 Å². The third kappa shape index (κ3) is 2.89. The van der Waals surface area contributed by atoms with Gasteiger partial charge in [0.2, 0.25) is 0 Å². The first-order valence-corrected chi connectivity index (χ1v) is 12.5. The van der Waals surface area contributed by atoms with Crippen LogP contribution in [0.15, 0.2) is 103 Å². The highest BCUT2D eigenvalue weighted by Gasteiger charge is 2.15. The molecule has 7 aromatic rings. The van der Waals surface area contributed by atoms with Crippen LogP contribution in [-0.4, -0.2) is 4.57 Å². The molecular formula is C32H17N3S. The standard InChI is InChI=1S/C32H17N3S/c33-18-21-6-5-7-22(19-34)32(21)20-12-14-30-26(16-20)27-17-23(13-15-31(27)36-30)35-28-10-3-1-8-24(28)25-9-2-4-11-29(25)35/h1-17H. The second-order valence-electron chi connectivity index (χ2n) is 8.81. The fraction of sp³-hybridized carbons (Fsp3) is 0. The molecule has 2 aromatic heterocycles. The Labute approximate surface area is 211 Å². The minimum atomic E-state index is 0.513. The first-order valence-electron chi connectivity index (χ1n) is 11.7. The Balaban J connectivity index is 1.51. The van der Waals surface area contributed by atoms with Crippen LogP contribution in [0.3, 0.4) is 0 Å². The van der Waals surface area contributed by atoms with Crippen molar-refractivity contribution in [1.82, 2.24) is 4.57 Å². The first-order chi connectivity index (χ1) is 17.8. The summed E-state index contributed by atoms with van der Waals surface area (Å²) in [5.74, 6) is 0. The predicted octanol–water partition coefficient (Wildman–Crippen LogP) is 8.56. The number of nitrogens with zero attached hydrogens (tertiary/aromatic N) is 3. The molecule has 0 bridgehead atoms. The maximum Gasteiger partial charge on any atom is 0.0998 e. The highest BCUT2D eigenvalue weighted by atomic mass is 32.1. The van der Waals surface area contributed by atoms with Gasteiger partial charge in [-0.25, -0.2) is 0 Å². The van der Waals surface area contributed by atoms with Gasteiger partial charge >= 0.3 is 0 Å². The molecule has 0 aliphatic rings. The number of fused-ring (bicyclic) bond motifs is 6. The summed E-state index contributed by atoms with van der Waals surface area (Å²) in [7, 11) is 0. The lowest BCUT2D eigenvalue weighted by molar-refractivity contribution is 1.19. The number of hydrogen-bond donors (Lipinski definition) is 0. The van der Waals surface area contributed by atoms with Gasteiger partial charge in [0.05, 0.1) is 34.3 Å². The molecule has 0 N–H and O–H groups in total. The van der Waals surface area contributed by atoms with E-state index in [1.165, 1.54) is 36.6 Å². The third-order valence-corrected chi connectivity index (χ3v) is 8.04. The van der Waals surface area contributed by atoms with Crippen molar-refractivity contribution in [3.8, 4) is 29.0 Å². The first kappa shape index (κ1) is 20.5. The second kappa shape index (κ2) is 7.82. The lowest BCUT2D eigenvalue weighted by atomic mass is 9.94. The van der Waals surface area contributed by atoms with E-state index in [9.17, 15) is 10.5 Å². The van der Waals surface area contributed by atoms with Gasteiger partial charge in [0.25, 0.3) is 0 Å². The SMILES string of the molecule is N#Cc1cccc(C#N)c1-c1ccc2sc3ccc(-n4c5ccccc5c5ccccc54)cc3c2c1. The largest absolute Gasteiger partial charge is 0.309 e. The fourth-order valence-electron chi connectivity index (χ4n) is 5.31. The molecular weight excluding hydrogens is 458 g/mol. The normalized spacial score (nSPS) is 11.3. The van der Waals surface area contributed by atoms with Gasteiger partial charge in [0.1, 0.15) is 0 Å². The maximum atomic E-state index is 9.70. The molecule has 2 heterocycles. The van der Waals surface area contributed by atoms with Crippen LogP contribution in [0.5, 0.6) is 0 Å². The van der Waals surface area contributed by atoms with Crippen molar-refractivity contribution in [1.29, 1.82) is 10.5 Å². The van der Waals surface area contributed by atoms with Crippen molar-refractivity contribution >= 4 is 53.3 Å². The van der Waals surface area contributed by atoms with Crippen LogP contribution < -0.4 is 0 Å². The minimum Gasteiger partial charge on any atom is -0.309 e. The molecule has 36 heavy (non-hydrogen) atoms. The minimum absolute atomic E-state index is 0.513. The zero-order valence-corrected chi connectivity index (χ0v) is 19.9. The average molecular weight is 476 g/mol. The Morgan fingerprint density at radius 1 is 0.556 bits per heavy atom. The zero-order chi connectivity index (χ0) is 24.2. The number of rotatable bonds is 2. The Morgan fingerprint density at radius 3 is 1.78 bits per heavy atom. The Kier molecular flexibility index (Phi) is 4.45. The van der Waals surface area contributed by atoms with Gasteiger partial charge in [0.15, 0.2) is 0 Å². The molecule has 0 fully saturated rings. The van der Waals surface area contributed by atoms with E-state index in [1.54, 1.807) is 29.5 Å². The highest BCUT2D eigenvalue weighted by Crippen LogP contribution is 2.40. The van der Waals surface area contributed by atoms with Crippen LogP contribution >= 0.6 is 11.3 Å². The molecule has 0 radical (unpaired) electrons. The Bertz CT molecular complexity index is 1990. The number of para-hydroxylation sites is 2. The monoisotopic (exact) mass is 475 g/mol. The number of nitriles is 2. The van der Waals surface area contributed by atoms with E-state index in [-0.39, 0.29) is 0 Å². The summed E-state index contributed by atoms with van der Waals surface area (Å²) in [6.45, 7) is 0. The van der Waals surface area contributed by atoms with Crippen molar-refractivity contribution in [3.63, 3.8) is 0 Å². The summed E-state index contributed by atoms with van der Waals surface area (Å²) < 4.78 is 4.72. The third-order valence-electron chi connectivity index (χ3n) is 6.89. The number of aromatic nitrogens is 1. The molecule has 4 heteroatoms. The van der Waals surface area contributed by atoms with Crippen LogP contribution in [0, 0.1) is 22.7 Å². The molecule has 0 atom stereocenters. The van der Waals surface area contributed by atoms with E-state index in [1.807, 2.05) is 6.07 Å². The van der Waals surface area contributed by atoms with Crippen molar-refractivity contribution < 1.29 is 0 Å². The fourth-order valence-corrected chi connectivity index (χ4v) is 6.38. The quantitative estimate of drug-likeness (QED) is 0.251. The molecule has 166 valence electrons. The highest BCUT2D eigenvalue weighted by molar-refractivity contribution is 7.25. The average Bonchev–Trinajstić information content (AvgIpc) is 3.47. The van der Waals surface area contributed by atoms with Crippen LogP contribution in [0.25, 0.3) is 58.8 Å². The van der Waals surface area contributed by atoms with E-state index in [2.05, 4.69) is 95.6 Å². The van der Waals surface area contributed by atoms with Crippen molar-refractivity contribution in [3.05, 3.63) is 114 Å². The lowest BCUT2D eigenvalue weighted by Gasteiger charge is -2.09. The van der Waals surface area contributed by atoms with Crippen molar-refractivity contribution in [2.24, 2.45) is 0 Å². The lowest BCUT2D eigenvalue weighted by Crippen LogP contribution is -1.93. The van der Waals surface area contributed by atoms with Gasteiger partial charge in [-0.05, 0) is 60.2 Å². The molecule has 0 saturated heterocycles. The molecule has 0 spiro atoms. The van der Waals surface area contributed by atoms with Crippen LogP contribution in [0.2, 0.25) is 0 Å². The van der Waals surface area contributed by atoms with E-state index < -0.39 is 0 Å². The van der Waals surface area contributed by atoms with E-state index in [0.717, 1.165) is 16.6 Å². The summed E-state index contributed by atoms with van der Waals surface area (Å²) in [6, 6.07) is 39.8. The van der Waals surface area contributed by atoms with Gasteiger partial charge in [-0.2, -0.15) is 10.5 Å². The summed E-state index contributed by atoms with van der Waals surface area (Å²) in [5, 5.41) is 24.2. The zero-order valence-electron chi connectivity index (χ0n) is 19.1. The van der Waals surface area contributed by atoms with Gasteiger partial charge < -0.3 is 4.57 Å². The number of hydrogen-bond acceptors (Lipinski definition) is 3.